The van der Waals surface area contributed by atoms with E-state index in [1.54, 1.807) is 6.07 Å². The Balaban J connectivity index is 2.50. The van der Waals surface area contributed by atoms with Gasteiger partial charge in [-0.05, 0) is 30.9 Å². The normalized spacial score (nSPS) is 10.5. The highest BCUT2D eigenvalue weighted by molar-refractivity contribution is 5.94. The molecule has 1 rings (SSSR count). The Morgan fingerprint density at radius 2 is 2.18 bits per heavy atom. The van der Waals surface area contributed by atoms with Crippen LogP contribution in [0.2, 0.25) is 0 Å². The molecule has 1 aromatic carbocycles. The lowest BCUT2D eigenvalue weighted by atomic mass is 10.1. The monoisotopic (exact) mass is 237 g/mol. The number of phenolic OH excluding ortho intramolecular Hbond substituents is 1. The van der Waals surface area contributed by atoms with Crippen molar-refractivity contribution in [3.8, 4) is 5.75 Å². The van der Waals surface area contributed by atoms with Gasteiger partial charge in [-0.3, -0.25) is 0 Å². The van der Waals surface area contributed by atoms with Crippen LogP contribution in [0.1, 0.15) is 37.0 Å². The molecule has 0 atom stereocenters. The highest BCUT2D eigenvalue weighted by atomic mass is 16.5. The Bertz CT molecular complexity index is 388. The second-order valence-electron chi connectivity index (χ2n) is 4.42. The summed E-state index contributed by atoms with van der Waals surface area (Å²) in [5.41, 5.74) is 5.80. The first-order valence-corrected chi connectivity index (χ1v) is 5.77. The van der Waals surface area contributed by atoms with Crippen LogP contribution in [0.15, 0.2) is 18.2 Å². The zero-order chi connectivity index (χ0) is 12.8. The van der Waals surface area contributed by atoms with Crippen LogP contribution in [-0.2, 0) is 4.74 Å². The summed E-state index contributed by atoms with van der Waals surface area (Å²) in [6.07, 6.45) is 1.84. The van der Waals surface area contributed by atoms with Crippen LogP contribution in [0, 0.1) is 5.92 Å². The Kier molecular flexibility index (Phi) is 4.82. The fraction of sp³-hybridized carbons (Fsp3) is 0.462. The highest BCUT2D eigenvalue weighted by Gasteiger charge is 2.13. The summed E-state index contributed by atoms with van der Waals surface area (Å²) in [5, 5.41) is 9.59. The lowest BCUT2D eigenvalue weighted by Gasteiger charge is -2.08. The van der Waals surface area contributed by atoms with E-state index in [4.69, 9.17) is 10.5 Å². The van der Waals surface area contributed by atoms with E-state index in [1.807, 2.05) is 0 Å². The number of ether oxygens (including phenoxy) is 1. The Hall–Kier alpha value is -1.71. The highest BCUT2D eigenvalue weighted by Crippen LogP contribution is 2.24. The number of hydrogen-bond acceptors (Lipinski definition) is 4. The zero-order valence-corrected chi connectivity index (χ0v) is 10.3. The number of nitrogens with two attached hydrogens (primary N) is 1. The van der Waals surface area contributed by atoms with Gasteiger partial charge in [0.05, 0.1) is 12.3 Å². The fourth-order valence-corrected chi connectivity index (χ4v) is 1.46. The molecule has 0 saturated carbocycles. The summed E-state index contributed by atoms with van der Waals surface area (Å²) in [5.74, 6) is -0.144. The molecule has 0 spiro atoms. The van der Waals surface area contributed by atoms with Crippen molar-refractivity contribution in [1.29, 1.82) is 0 Å². The predicted octanol–water partition coefficient (Wildman–Crippen LogP) is 2.57. The molecule has 0 amide bonds. The van der Waals surface area contributed by atoms with Crippen molar-refractivity contribution in [3.63, 3.8) is 0 Å². The molecule has 0 aliphatic heterocycles. The maximum Gasteiger partial charge on any atom is 0.341 e. The number of carbonyl (C=O) groups excluding carboxylic acids is 1. The van der Waals surface area contributed by atoms with Gasteiger partial charge in [0.25, 0.3) is 0 Å². The van der Waals surface area contributed by atoms with Gasteiger partial charge in [0.2, 0.25) is 0 Å². The molecule has 4 heteroatoms. The van der Waals surface area contributed by atoms with Crippen LogP contribution in [0.4, 0.5) is 5.69 Å². The number of phenols is 1. The fourth-order valence-electron chi connectivity index (χ4n) is 1.46. The van der Waals surface area contributed by atoms with Crippen molar-refractivity contribution in [2.24, 2.45) is 5.92 Å². The topological polar surface area (TPSA) is 72.5 Å². The molecule has 17 heavy (non-hydrogen) atoms. The zero-order valence-electron chi connectivity index (χ0n) is 10.3. The van der Waals surface area contributed by atoms with Gasteiger partial charge in [0.1, 0.15) is 5.56 Å². The van der Waals surface area contributed by atoms with Gasteiger partial charge in [0.15, 0.2) is 5.75 Å². The van der Waals surface area contributed by atoms with Crippen LogP contribution in [0.3, 0.4) is 0 Å². The average molecular weight is 237 g/mol. The summed E-state index contributed by atoms with van der Waals surface area (Å²) < 4.78 is 5.06. The number of para-hydroxylation sites is 1. The summed E-state index contributed by atoms with van der Waals surface area (Å²) in [4.78, 5) is 11.6. The third-order valence-corrected chi connectivity index (χ3v) is 2.45. The van der Waals surface area contributed by atoms with E-state index in [0.29, 0.717) is 12.5 Å². The maximum absolute atomic E-state index is 11.6. The number of anilines is 1. The van der Waals surface area contributed by atoms with Crippen LogP contribution in [0.25, 0.3) is 0 Å². The van der Waals surface area contributed by atoms with Gasteiger partial charge < -0.3 is 15.6 Å². The Morgan fingerprint density at radius 3 is 2.82 bits per heavy atom. The number of nitrogen functional groups attached to an aromatic ring is 1. The lowest BCUT2D eigenvalue weighted by Crippen LogP contribution is -2.08. The minimum atomic E-state index is -0.529. The lowest BCUT2D eigenvalue weighted by molar-refractivity contribution is 0.0491. The number of aromatic hydroxyl groups is 1. The van der Waals surface area contributed by atoms with Crippen molar-refractivity contribution < 1.29 is 14.6 Å². The Morgan fingerprint density at radius 1 is 1.47 bits per heavy atom. The first-order chi connectivity index (χ1) is 8.02. The maximum atomic E-state index is 11.6. The van der Waals surface area contributed by atoms with E-state index in [-0.39, 0.29) is 17.0 Å². The van der Waals surface area contributed by atoms with Crippen molar-refractivity contribution in [3.05, 3.63) is 23.8 Å². The number of esters is 1. The molecule has 0 heterocycles. The number of hydrogen-bond donors (Lipinski definition) is 2. The molecule has 1 aromatic rings. The Labute approximate surface area is 101 Å². The minimum absolute atomic E-state index is 0.120. The molecular formula is C13H19NO3. The van der Waals surface area contributed by atoms with E-state index in [0.717, 1.165) is 12.8 Å². The molecule has 94 valence electrons. The number of carbonyl (C=O) groups is 1. The van der Waals surface area contributed by atoms with Gasteiger partial charge in [0, 0.05) is 0 Å². The van der Waals surface area contributed by atoms with E-state index in [9.17, 15) is 9.90 Å². The van der Waals surface area contributed by atoms with Crippen LogP contribution >= 0.6 is 0 Å². The van der Waals surface area contributed by atoms with Crippen molar-refractivity contribution >= 4 is 11.7 Å². The first-order valence-electron chi connectivity index (χ1n) is 5.77. The van der Waals surface area contributed by atoms with Crippen molar-refractivity contribution in [1.82, 2.24) is 0 Å². The van der Waals surface area contributed by atoms with Crippen LogP contribution in [0.5, 0.6) is 5.75 Å². The summed E-state index contributed by atoms with van der Waals surface area (Å²) >= 11 is 0. The second kappa shape index (κ2) is 6.13. The van der Waals surface area contributed by atoms with Crippen LogP contribution in [-0.4, -0.2) is 17.7 Å². The number of benzene rings is 1. The van der Waals surface area contributed by atoms with E-state index in [1.165, 1.54) is 12.1 Å². The summed E-state index contributed by atoms with van der Waals surface area (Å²) in [6, 6.07) is 4.64. The first kappa shape index (κ1) is 13.4. The van der Waals surface area contributed by atoms with Gasteiger partial charge in [-0.1, -0.05) is 19.9 Å². The average Bonchev–Trinajstić information content (AvgIpc) is 2.27. The summed E-state index contributed by atoms with van der Waals surface area (Å²) in [6.45, 7) is 4.60. The quantitative estimate of drug-likeness (QED) is 0.357. The van der Waals surface area contributed by atoms with Crippen molar-refractivity contribution in [2.75, 3.05) is 12.3 Å². The second-order valence-corrected chi connectivity index (χ2v) is 4.42. The van der Waals surface area contributed by atoms with Crippen LogP contribution < -0.4 is 5.73 Å². The molecule has 0 bridgehead atoms. The van der Waals surface area contributed by atoms with Gasteiger partial charge in [-0.15, -0.1) is 0 Å². The van der Waals surface area contributed by atoms with E-state index >= 15 is 0 Å². The minimum Gasteiger partial charge on any atom is -0.505 e. The molecular weight excluding hydrogens is 218 g/mol. The van der Waals surface area contributed by atoms with Gasteiger partial charge >= 0.3 is 5.97 Å². The van der Waals surface area contributed by atoms with Gasteiger partial charge in [-0.25, -0.2) is 4.79 Å². The van der Waals surface area contributed by atoms with E-state index in [2.05, 4.69) is 13.8 Å². The van der Waals surface area contributed by atoms with E-state index < -0.39 is 5.97 Å². The van der Waals surface area contributed by atoms with Crippen molar-refractivity contribution in [2.45, 2.75) is 26.7 Å². The number of rotatable bonds is 5. The molecule has 4 nitrogen and oxygen atoms in total. The third-order valence-electron chi connectivity index (χ3n) is 2.45. The SMILES string of the molecule is CC(C)CCCOC(=O)c1cccc(N)c1O. The van der Waals surface area contributed by atoms with Gasteiger partial charge in [-0.2, -0.15) is 0 Å². The molecule has 0 saturated heterocycles. The predicted molar refractivity (Wildman–Crippen MR) is 66.9 cm³/mol. The summed E-state index contributed by atoms with van der Waals surface area (Å²) in [7, 11) is 0. The molecule has 3 N–H and O–H groups in total. The third kappa shape index (κ3) is 3.98. The largest absolute Gasteiger partial charge is 0.505 e. The molecule has 0 radical (unpaired) electrons. The molecule has 0 aliphatic carbocycles. The molecule has 0 unspecified atom stereocenters. The molecule has 0 aromatic heterocycles. The smallest absolute Gasteiger partial charge is 0.341 e. The molecule has 0 fully saturated rings. The standard InChI is InChI=1S/C13H19NO3/c1-9(2)5-4-8-17-13(16)10-6-3-7-11(14)12(10)15/h3,6-7,9,15H,4-5,8,14H2,1-2H3. The molecule has 0 aliphatic rings.